The van der Waals surface area contributed by atoms with Crippen LogP contribution in [0.1, 0.15) is 57.1 Å². The Morgan fingerprint density at radius 2 is 1.82 bits per heavy atom. The average Bonchev–Trinajstić information content (AvgIpc) is 2.74. The van der Waals surface area contributed by atoms with E-state index in [0.717, 1.165) is 18.5 Å². The molecule has 0 saturated heterocycles. The predicted octanol–water partition coefficient (Wildman–Crippen LogP) is 3.57. The fourth-order valence-corrected chi connectivity index (χ4v) is 2.49. The molecule has 1 radical (unpaired) electrons. The Kier molecular flexibility index (Phi) is 5.30. The molecule has 1 aliphatic rings. The molecule has 1 saturated carbocycles. The van der Waals surface area contributed by atoms with E-state index in [2.05, 4.69) is 16.5 Å². The summed E-state index contributed by atoms with van der Waals surface area (Å²) in [6.07, 6.45) is 13.1. The molecule has 0 aliphatic heterocycles. The summed E-state index contributed by atoms with van der Waals surface area (Å²) in [7, 11) is 0. The Hall–Kier alpha value is -0.570. The first kappa shape index (κ1) is 12.9. The fourth-order valence-electron chi connectivity index (χ4n) is 2.36. The van der Waals surface area contributed by atoms with Crippen LogP contribution in [0.15, 0.2) is 6.20 Å². The van der Waals surface area contributed by atoms with Crippen molar-refractivity contribution in [3.8, 4) is 0 Å². The van der Waals surface area contributed by atoms with Gasteiger partial charge in [0.25, 0.3) is 0 Å². The minimum atomic E-state index is 0.698. The Labute approximate surface area is 109 Å². The van der Waals surface area contributed by atoms with E-state index < -0.39 is 0 Å². The normalized spacial score (nSPS) is 18.9. The molecular weight excluding hydrogens is 234 g/mol. The first-order chi connectivity index (χ1) is 8.40. The van der Waals surface area contributed by atoms with E-state index in [9.17, 15) is 0 Å². The van der Waals surface area contributed by atoms with Crippen LogP contribution in [-0.4, -0.2) is 20.9 Å². The fraction of sp³-hybridized carbons (Fsp3) is 0.769. The van der Waals surface area contributed by atoms with Crippen molar-refractivity contribution in [2.24, 2.45) is 0 Å². The van der Waals surface area contributed by atoms with Crippen LogP contribution in [0.5, 0.6) is 0 Å². The Morgan fingerprint density at radius 1 is 1.12 bits per heavy atom. The van der Waals surface area contributed by atoms with Crippen molar-refractivity contribution in [1.29, 1.82) is 0 Å². The predicted molar refractivity (Wildman–Crippen MR) is 70.0 cm³/mol. The zero-order valence-electron chi connectivity index (χ0n) is 10.4. The number of hydrogen-bond acceptors (Lipinski definition) is 2. The molecular formula is C13H21ClN3. The molecule has 0 unspecified atom stereocenters. The van der Waals surface area contributed by atoms with Crippen LogP contribution >= 0.6 is 11.6 Å². The molecule has 0 bridgehead atoms. The molecule has 1 heterocycles. The highest BCUT2D eigenvalue weighted by Gasteiger charge is 2.15. The lowest BCUT2D eigenvalue weighted by Crippen LogP contribution is -2.12. The zero-order valence-corrected chi connectivity index (χ0v) is 11.1. The van der Waals surface area contributed by atoms with Crippen LogP contribution in [0.2, 0.25) is 0 Å². The second kappa shape index (κ2) is 7.00. The van der Waals surface area contributed by atoms with Crippen molar-refractivity contribution in [3.63, 3.8) is 0 Å². The maximum Gasteiger partial charge on any atom is 0.0897 e. The van der Waals surface area contributed by atoms with Gasteiger partial charge in [0.05, 0.1) is 11.7 Å². The second-order valence-corrected chi connectivity index (χ2v) is 5.16. The second-order valence-electron chi connectivity index (χ2n) is 4.78. The molecule has 3 nitrogen and oxygen atoms in total. The number of aromatic nitrogens is 3. The minimum absolute atomic E-state index is 0.698. The van der Waals surface area contributed by atoms with E-state index in [1.165, 1.54) is 51.0 Å². The summed E-state index contributed by atoms with van der Waals surface area (Å²) in [5, 5.41) is 8.47. The van der Waals surface area contributed by atoms with E-state index in [1.807, 2.05) is 4.68 Å². The summed E-state index contributed by atoms with van der Waals surface area (Å²) in [6, 6.07) is 1.44. The van der Waals surface area contributed by atoms with E-state index in [1.54, 1.807) is 0 Å². The number of aryl methyl sites for hydroxylation is 1. The maximum absolute atomic E-state index is 5.69. The van der Waals surface area contributed by atoms with Crippen molar-refractivity contribution in [2.75, 3.05) is 5.88 Å². The van der Waals surface area contributed by atoms with Gasteiger partial charge in [-0.1, -0.05) is 37.3 Å². The van der Waals surface area contributed by atoms with Gasteiger partial charge in [0.2, 0.25) is 0 Å². The highest BCUT2D eigenvalue weighted by Crippen LogP contribution is 2.24. The quantitative estimate of drug-likeness (QED) is 0.769. The molecule has 1 aliphatic carbocycles. The van der Waals surface area contributed by atoms with Gasteiger partial charge in [0, 0.05) is 12.1 Å². The van der Waals surface area contributed by atoms with Gasteiger partial charge in [0.15, 0.2) is 0 Å². The smallest absolute Gasteiger partial charge is 0.0897 e. The molecule has 0 aromatic carbocycles. The van der Waals surface area contributed by atoms with Crippen LogP contribution in [0.4, 0.5) is 0 Å². The van der Waals surface area contributed by atoms with Gasteiger partial charge in [-0.05, 0) is 25.7 Å². The molecule has 4 heteroatoms. The number of nitrogens with zero attached hydrogens (tertiary/aromatic N) is 3. The molecule has 1 aromatic heterocycles. The lowest BCUT2D eigenvalue weighted by molar-refractivity contribution is 0.467. The first-order valence-electron chi connectivity index (χ1n) is 6.72. The maximum atomic E-state index is 5.69. The van der Waals surface area contributed by atoms with Crippen molar-refractivity contribution in [1.82, 2.24) is 15.0 Å². The van der Waals surface area contributed by atoms with E-state index in [-0.39, 0.29) is 0 Å². The van der Waals surface area contributed by atoms with Crippen molar-refractivity contribution in [2.45, 2.75) is 57.8 Å². The molecule has 95 valence electrons. The Balaban J connectivity index is 1.92. The van der Waals surface area contributed by atoms with E-state index in [4.69, 9.17) is 11.6 Å². The topological polar surface area (TPSA) is 30.7 Å². The van der Waals surface area contributed by atoms with Crippen LogP contribution in [0.25, 0.3) is 0 Å². The molecule has 1 aromatic rings. The number of alkyl halides is 1. The summed E-state index contributed by atoms with van der Waals surface area (Å²) in [6.45, 7) is 0. The Bertz CT molecular complexity index is 316. The monoisotopic (exact) mass is 254 g/mol. The molecule has 0 atom stereocenters. The van der Waals surface area contributed by atoms with E-state index >= 15 is 0 Å². The Morgan fingerprint density at radius 3 is 2.53 bits per heavy atom. The van der Waals surface area contributed by atoms with Crippen LogP contribution in [0, 0.1) is 6.04 Å². The van der Waals surface area contributed by atoms with Gasteiger partial charge in [0.1, 0.15) is 0 Å². The zero-order chi connectivity index (χ0) is 11.9. The number of hydrogen-bond donors (Lipinski definition) is 0. The van der Waals surface area contributed by atoms with Crippen molar-refractivity contribution < 1.29 is 0 Å². The number of rotatable bonds is 4. The first-order valence-corrected chi connectivity index (χ1v) is 7.26. The summed E-state index contributed by atoms with van der Waals surface area (Å²) in [4.78, 5) is 0. The summed E-state index contributed by atoms with van der Waals surface area (Å²) in [5.41, 5.74) is 1.07. The van der Waals surface area contributed by atoms with Gasteiger partial charge >= 0.3 is 0 Å². The largest absolute Gasteiger partial charge is 0.244 e. The lowest BCUT2D eigenvalue weighted by atomic mass is 9.97. The summed E-state index contributed by atoms with van der Waals surface area (Å²) < 4.78 is 2.01. The highest BCUT2D eigenvalue weighted by molar-refractivity contribution is 6.17. The van der Waals surface area contributed by atoms with Crippen LogP contribution in [-0.2, 0) is 6.42 Å². The lowest BCUT2D eigenvalue weighted by Gasteiger charge is -2.18. The third-order valence-corrected chi connectivity index (χ3v) is 3.63. The molecule has 2 rings (SSSR count). The molecule has 1 fully saturated rings. The van der Waals surface area contributed by atoms with Crippen LogP contribution in [0.3, 0.4) is 0 Å². The average molecular weight is 255 g/mol. The summed E-state index contributed by atoms with van der Waals surface area (Å²) >= 11 is 5.69. The molecule has 0 spiro atoms. The minimum Gasteiger partial charge on any atom is -0.244 e. The van der Waals surface area contributed by atoms with Gasteiger partial charge in [-0.25, -0.2) is 4.68 Å². The highest BCUT2D eigenvalue weighted by atomic mass is 35.5. The molecule has 0 N–H and O–H groups in total. The number of halogens is 1. The SMILES string of the molecule is ClCCCc1cn([C]2CCCCCCC2)nn1. The van der Waals surface area contributed by atoms with Gasteiger partial charge in [-0.3, -0.25) is 0 Å². The summed E-state index contributed by atoms with van der Waals surface area (Å²) in [5.74, 6) is 0.698. The van der Waals surface area contributed by atoms with Gasteiger partial charge < -0.3 is 0 Å². The van der Waals surface area contributed by atoms with Gasteiger partial charge in [-0.2, -0.15) is 0 Å². The molecule has 0 amide bonds. The molecule has 17 heavy (non-hydrogen) atoms. The van der Waals surface area contributed by atoms with Gasteiger partial charge in [-0.15, -0.1) is 16.7 Å². The standard InChI is InChI=1S/C13H21ClN3/c14-10-6-7-12-11-17(16-15-12)13-8-4-2-1-3-5-9-13/h11H,1-10H2. The van der Waals surface area contributed by atoms with Crippen molar-refractivity contribution >= 4 is 11.6 Å². The third kappa shape index (κ3) is 3.98. The third-order valence-electron chi connectivity index (χ3n) is 3.36. The van der Waals surface area contributed by atoms with E-state index in [0.29, 0.717) is 5.88 Å². The van der Waals surface area contributed by atoms with Crippen LogP contribution < -0.4 is 0 Å². The van der Waals surface area contributed by atoms with Crippen molar-refractivity contribution in [3.05, 3.63) is 17.9 Å².